The van der Waals surface area contributed by atoms with Gasteiger partial charge in [0.1, 0.15) is 6.04 Å². The summed E-state index contributed by atoms with van der Waals surface area (Å²) in [6, 6.07) is 9.88. The molecule has 150 valence electrons. The summed E-state index contributed by atoms with van der Waals surface area (Å²) in [5.74, 6) is 0.311. The fourth-order valence-corrected chi connectivity index (χ4v) is 4.42. The van der Waals surface area contributed by atoms with Crippen molar-refractivity contribution in [2.75, 3.05) is 20.8 Å². The average Bonchev–Trinajstić information content (AvgIpc) is 2.69. The van der Waals surface area contributed by atoms with Gasteiger partial charge in [-0.1, -0.05) is 47.8 Å². The fourth-order valence-electron chi connectivity index (χ4n) is 3.90. The van der Waals surface area contributed by atoms with Gasteiger partial charge in [-0.2, -0.15) is 0 Å². The van der Waals surface area contributed by atoms with Crippen molar-refractivity contribution in [3.63, 3.8) is 0 Å². The Morgan fingerprint density at radius 1 is 1.14 bits per heavy atom. The monoisotopic (exact) mass is 423 g/mol. The molecule has 0 aromatic heterocycles. The molecule has 1 aliphatic rings. The van der Waals surface area contributed by atoms with Crippen LogP contribution in [0.4, 0.5) is 0 Å². The standard InChI is InChI=1S/C21H23Cl2NO4/c1-27-18-8-5-6-15(20(18)28-2)19(14-10-9-13(22)12-16(14)23)24-11-4-3-7-17(24)21(25)26/h5-6,8-10,12,17,19H,3-4,7,11H2,1-2H3,(H,25,26). The van der Waals surface area contributed by atoms with E-state index in [2.05, 4.69) is 0 Å². The Labute approximate surface area is 174 Å². The van der Waals surface area contributed by atoms with Crippen LogP contribution < -0.4 is 9.47 Å². The van der Waals surface area contributed by atoms with Crippen molar-refractivity contribution in [3.05, 3.63) is 57.6 Å². The largest absolute Gasteiger partial charge is 0.493 e. The van der Waals surface area contributed by atoms with E-state index in [0.717, 1.165) is 24.0 Å². The zero-order chi connectivity index (χ0) is 20.3. The van der Waals surface area contributed by atoms with E-state index in [1.165, 1.54) is 0 Å². The molecule has 0 saturated carbocycles. The molecule has 2 atom stereocenters. The lowest BCUT2D eigenvalue weighted by molar-refractivity contribution is -0.145. The van der Waals surface area contributed by atoms with Gasteiger partial charge in [-0.15, -0.1) is 0 Å². The van der Waals surface area contributed by atoms with Gasteiger partial charge in [0, 0.05) is 15.6 Å². The molecule has 3 rings (SSSR count). The molecule has 2 aromatic rings. The summed E-state index contributed by atoms with van der Waals surface area (Å²) in [5, 5.41) is 10.9. The predicted octanol–water partition coefficient (Wildman–Crippen LogP) is 5.04. The van der Waals surface area contributed by atoms with E-state index < -0.39 is 18.1 Å². The lowest BCUT2D eigenvalue weighted by Crippen LogP contribution is -2.47. The van der Waals surface area contributed by atoms with Gasteiger partial charge in [-0.25, -0.2) is 0 Å². The van der Waals surface area contributed by atoms with Crippen LogP contribution in [0.1, 0.15) is 36.4 Å². The van der Waals surface area contributed by atoms with Crippen LogP contribution in [0.25, 0.3) is 0 Å². The number of carboxylic acid groups (broad SMARTS) is 1. The minimum atomic E-state index is -0.836. The molecule has 1 heterocycles. The summed E-state index contributed by atoms with van der Waals surface area (Å²) in [6.07, 6.45) is 2.38. The number of rotatable bonds is 6. The summed E-state index contributed by atoms with van der Waals surface area (Å²) < 4.78 is 11.1. The molecule has 2 aromatic carbocycles. The van der Waals surface area contributed by atoms with Crippen molar-refractivity contribution in [2.45, 2.75) is 31.3 Å². The molecule has 0 aliphatic carbocycles. The van der Waals surface area contributed by atoms with Gasteiger partial charge < -0.3 is 14.6 Å². The molecular weight excluding hydrogens is 401 g/mol. The van der Waals surface area contributed by atoms with E-state index in [9.17, 15) is 9.90 Å². The molecule has 0 spiro atoms. The Morgan fingerprint density at radius 2 is 1.93 bits per heavy atom. The third-order valence-corrected chi connectivity index (χ3v) is 5.71. The van der Waals surface area contributed by atoms with Gasteiger partial charge >= 0.3 is 5.97 Å². The molecule has 5 nitrogen and oxygen atoms in total. The van der Waals surface area contributed by atoms with Crippen molar-refractivity contribution >= 4 is 29.2 Å². The second-order valence-corrected chi connectivity index (χ2v) is 7.58. The first-order valence-electron chi connectivity index (χ1n) is 9.12. The van der Waals surface area contributed by atoms with Crippen LogP contribution in [0.3, 0.4) is 0 Å². The van der Waals surface area contributed by atoms with Gasteiger partial charge in [0.15, 0.2) is 11.5 Å². The quantitative estimate of drug-likeness (QED) is 0.704. The number of nitrogens with zero attached hydrogens (tertiary/aromatic N) is 1. The number of methoxy groups -OCH3 is 2. The van der Waals surface area contributed by atoms with E-state index >= 15 is 0 Å². The Bertz CT molecular complexity index is 858. The lowest BCUT2D eigenvalue weighted by atomic mass is 9.91. The molecule has 2 unspecified atom stereocenters. The summed E-state index contributed by atoms with van der Waals surface area (Å²) in [4.78, 5) is 14.0. The number of para-hydroxylation sites is 1. The first-order chi connectivity index (χ1) is 13.5. The topological polar surface area (TPSA) is 59.0 Å². The fraction of sp³-hybridized carbons (Fsp3) is 0.381. The van der Waals surface area contributed by atoms with Gasteiger partial charge in [0.05, 0.1) is 20.3 Å². The van der Waals surface area contributed by atoms with Crippen LogP contribution in [-0.4, -0.2) is 42.8 Å². The second kappa shape index (κ2) is 9.03. The highest BCUT2D eigenvalue weighted by Crippen LogP contribution is 2.44. The molecular formula is C21H23Cl2NO4. The zero-order valence-electron chi connectivity index (χ0n) is 15.8. The zero-order valence-corrected chi connectivity index (χ0v) is 17.3. The number of hydrogen-bond donors (Lipinski definition) is 1. The highest BCUT2D eigenvalue weighted by atomic mass is 35.5. The predicted molar refractivity (Wildman–Crippen MR) is 110 cm³/mol. The number of aliphatic carboxylic acids is 1. The molecule has 1 N–H and O–H groups in total. The lowest BCUT2D eigenvalue weighted by Gasteiger charge is -2.40. The first kappa shape index (κ1) is 20.8. The Hall–Kier alpha value is -1.95. The van der Waals surface area contributed by atoms with Crippen LogP contribution in [0.2, 0.25) is 10.0 Å². The Balaban J connectivity index is 2.22. The normalized spacial score (nSPS) is 18.5. The number of benzene rings is 2. The van der Waals surface area contributed by atoms with Crippen LogP contribution in [-0.2, 0) is 4.79 Å². The van der Waals surface area contributed by atoms with Crippen LogP contribution in [0.5, 0.6) is 11.5 Å². The SMILES string of the molecule is COc1cccc(C(c2ccc(Cl)cc2Cl)N2CCCCC2C(=O)O)c1OC. The van der Waals surface area contributed by atoms with Crippen molar-refractivity contribution in [2.24, 2.45) is 0 Å². The van der Waals surface area contributed by atoms with E-state index in [0.29, 0.717) is 34.5 Å². The number of ether oxygens (including phenoxy) is 2. The number of hydrogen-bond acceptors (Lipinski definition) is 4. The third kappa shape index (κ3) is 4.07. The Kier molecular flexibility index (Phi) is 6.70. The van der Waals surface area contributed by atoms with E-state index in [1.54, 1.807) is 26.4 Å². The summed E-state index contributed by atoms with van der Waals surface area (Å²) in [7, 11) is 3.15. The van der Waals surface area contributed by atoms with Crippen molar-refractivity contribution < 1.29 is 19.4 Å². The van der Waals surface area contributed by atoms with Crippen LogP contribution >= 0.6 is 23.2 Å². The van der Waals surface area contributed by atoms with Crippen LogP contribution in [0, 0.1) is 0 Å². The van der Waals surface area contributed by atoms with Gasteiger partial charge in [0.2, 0.25) is 0 Å². The van der Waals surface area contributed by atoms with E-state index in [-0.39, 0.29) is 0 Å². The maximum Gasteiger partial charge on any atom is 0.320 e. The number of piperidine rings is 1. The summed E-state index contributed by atoms with van der Waals surface area (Å²) in [5.41, 5.74) is 1.59. The average molecular weight is 424 g/mol. The molecule has 0 radical (unpaired) electrons. The van der Waals surface area contributed by atoms with Crippen LogP contribution in [0.15, 0.2) is 36.4 Å². The van der Waals surface area contributed by atoms with Crippen molar-refractivity contribution in [1.82, 2.24) is 4.90 Å². The Morgan fingerprint density at radius 3 is 2.57 bits per heavy atom. The number of carboxylic acids is 1. The first-order valence-corrected chi connectivity index (χ1v) is 9.88. The molecule has 1 aliphatic heterocycles. The highest BCUT2D eigenvalue weighted by Gasteiger charge is 2.37. The third-order valence-electron chi connectivity index (χ3n) is 5.15. The number of halogens is 2. The molecule has 0 amide bonds. The van der Waals surface area contributed by atoms with E-state index in [4.69, 9.17) is 32.7 Å². The molecule has 1 saturated heterocycles. The van der Waals surface area contributed by atoms with Gasteiger partial charge in [-0.3, -0.25) is 9.69 Å². The number of likely N-dealkylation sites (tertiary alicyclic amines) is 1. The maximum atomic E-state index is 12.0. The summed E-state index contributed by atoms with van der Waals surface area (Å²) in [6.45, 7) is 0.640. The second-order valence-electron chi connectivity index (χ2n) is 6.74. The molecule has 7 heteroatoms. The minimum absolute atomic E-state index is 0.406. The van der Waals surface area contributed by atoms with Crippen molar-refractivity contribution in [1.29, 1.82) is 0 Å². The molecule has 0 bridgehead atoms. The number of carbonyl (C=O) groups is 1. The van der Waals surface area contributed by atoms with Crippen molar-refractivity contribution in [3.8, 4) is 11.5 Å². The van der Waals surface area contributed by atoms with Gasteiger partial charge in [0.25, 0.3) is 0 Å². The molecule has 1 fully saturated rings. The maximum absolute atomic E-state index is 12.0. The smallest absolute Gasteiger partial charge is 0.320 e. The van der Waals surface area contributed by atoms with Gasteiger partial charge in [-0.05, 0) is 43.1 Å². The molecule has 28 heavy (non-hydrogen) atoms. The summed E-state index contributed by atoms with van der Waals surface area (Å²) >= 11 is 12.7. The van der Waals surface area contributed by atoms with E-state index in [1.807, 2.05) is 29.2 Å². The highest BCUT2D eigenvalue weighted by molar-refractivity contribution is 6.35. The minimum Gasteiger partial charge on any atom is -0.493 e.